The van der Waals surface area contributed by atoms with Gasteiger partial charge in [0.05, 0.1) is 13.7 Å². The van der Waals surface area contributed by atoms with Crippen LogP contribution >= 0.6 is 0 Å². The van der Waals surface area contributed by atoms with Crippen LogP contribution in [0.25, 0.3) is 0 Å². The Hall–Kier alpha value is -2.00. The number of rotatable bonds is 9. The number of hydrogen-bond acceptors (Lipinski definition) is 3. The van der Waals surface area contributed by atoms with E-state index < -0.39 is 0 Å². The molecule has 3 nitrogen and oxygen atoms in total. The molecule has 1 N–H and O–H groups in total. The molecular formula is C24H35NO2. The van der Waals surface area contributed by atoms with Crippen LogP contribution < -0.4 is 14.8 Å². The third-order valence-electron chi connectivity index (χ3n) is 4.69. The first-order valence-electron chi connectivity index (χ1n) is 9.90. The Morgan fingerprint density at radius 1 is 0.963 bits per heavy atom. The molecule has 0 amide bonds. The van der Waals surface area contributed by atoms with Crippen LogP contribution in [0.5, 0.6) is 11.5 Å². The Morgan fingerprint density at radius 2 is 1.67 bits per heavy atom. The van der Waals surface area contributed by atoms with Gasteiger partial charge in [-0.1, -0.05) is 71.0 Å². The van der Waals surface area contributed by atoms with Crippen molar-refractivity contribution in [2.75, 3.05) is 13.7 Å². The molecule has 2 aromatic rings. The van der Waals surface area contributed by atoms with Gasteiger partial charge in [-0.15, -0.1) is 0 Å². The topological polar surface area (TPSA) is 30.5 Å². The summed E-state index contributed by atoms with van der Waals surface area (Å²) in [6.07, 6.45) is 1.03. The van der Waals surface area contributed by atoms with E-state index in [0.29, 0.717) is 12.5 Å². The standard InChI is InChI=1S/C24H35NO2/c1-18(2)14-15-27-23-20(8-7-9-22(23)26-6)17-25-16-19-10-12-21(13-11-19)24(3,4)5/h7-13,18,25H,14-17H2,1-6H3. The smallest absolute Gasteiger partial charge is 0.165 e. The zero-order chi connectivity index (χ0) is 19.9. The van der Waals surface area contributed by atoms with Crippen LogP contribution in [0.2, 0.25) is 0 Å². The Morgan fingerprint density at radius 3 is 2.26 bits per heavy atom. The average molecular weight is 370 g/mol. The number of benzene rings is 2. The monoisotopic (exact) mass is 369 g/mol. The van der Waals surface area contributed by atoms with Crippen molar-refractivity contribution in [2.24, 2.45) is 5.92 Å². The molecule has 0 aliphatic heterocycles. The highest BCUT2D eigenvalue weighted by Gasteiger charge is 2.13. The molecule has 0 aromatic heterocycles. The van der Waals surface area contributed by atoms with Crippen molar-refractivity contribution in [3.05, 3.63) is 59.2 Å². The molecule has 2 rings (SSSR count). The van der Waals surface area contributed by atoms with E-state index in [1.54, 1.807) is 7.11 Å². The van der Waals surface area contributed by atoms with Gasteiger partial charge < -0.3 is 14.8 Å². The fourth-order valence-corrected chi connectivity index (χ4v) is 2.89. The zero-order valence-corrected chi connectivity index (χ0v) is 17.8. The number of nitrogens with one attached hydrogen (secondary N) is 1. The maximum absolute atomic E-state index is 6.06. The summed E-state index contributed by atoms with van der Waals surface area (Å²) in [5.41, 5.74) is 3.96. The highest BCUT2D eigenvalue weighted by Crippen LogP contribution is 2.31. The van der Waals surface area contributed by atoms with E-state index in [0.717, 1.165) is 36.6 Å². The lowest BCUT2D eigenvalue weighted by atomic mass is 9.87. The van der Waals surface area contributed by atoms with E-state index in [4.69, 9.17) is 9.47 Å². The third kappa shape index (κ3) is 6.59. The lowest BCUT2D eigenvalue weighted by Gasteiger charge is -2.19. The van der Waals surface area contributed by atoms with Crippen molar-refractivity contribution in [2.45, 2.75) is 59.5 Å². The first-order chi connectivity index (χ1) is 12.8. The van der Waals surface area contributed by atoms with Crippen molar-refractivity contribution in [3.8, 4) is 11.5 Å². The third-order valence-corrected chi connectivity index (χ3v) is 4.69. The summed E-state index contributed by atoms with van der Waals surface area (Å²) in [5.74, 6) is 2.28. The molecule has 0 aliphatic rings. The molecule has 148 valence electrons. The maximum Gasteiger partial charge on any atom is 0.165 e. The zero-order valence-electron chi connectivity index (χ0n) is 17.8. The summed E-state index contributed by atoms with van der Waals surface area (Å²) in [5, 5.41) is 3.53. The Bertz CT molecular complexity index is 699. The van der Waals surface area contributed by atoms with Gasteiger partial charge in [-0.25, -0.2) is 0 Å². The fraction of sp³-hybridized carbons (Fsp3) is 0.500. The average Bonchev–Trinajstić information content (AvgIpc) is 2.62. The van der Waals surface area contributed by atoms with Gasteiger partial charge in [-0.05, 0) is 34.9 Å². The van der Waals surface area contributed by atoms with E-state index in [1.165, 1.54) is 11.1 Å². The van der Waals surface area contributed by atoms with Gasteiger partial charge in [-0.3, -0.25) is 0 Å². The molecule has 3 heteroatoms. The lowest BCUT2D eigenvalue weighted by molar-refractivity contribution is 0.269. The summed E-state index contributed by atoms with van der Waals surface area (Å²) in [6, 6.07) is 14.9. The van der Waals surface area contributed by atoms with Crippen molar-refractivity contribution >= 4 is 0 Å². The Kier molecular flexibility index (Phi) is 7.73. The summed E-state index contributed by atoms with van der Waals surface area (Å²) in [4.78, 5) is 0. The molecule has 0 atom stereocenters. The van der Waals surface area contributed by atoms with E-state index in [-0.39, 0.29) is 5.41 Å². The Labute approximate surface area is 165 Å². The summed E-state index contributed by atoms with van der Waals surface area (Å²) < 4.78 is 11.6. The minimum atomic E-state index is 0.189. The molecule has 0 unspecified atom stereocenters. The van der Waals surface area contributed by atoms with Crippen LogP contribution in [0.1, 0.15) is 57.7 Å². The molecule has 0 aliphatic carbocycles. The van der Waals surface area contributed by atoms with E-state index >= 15 is 0 Å². The quantitative estimate of drug-likeness (QED) is 0.614. The lowest BCUT2D eigenvalue weighted by Crippen LogP contribution is -2.15. The molecule has 2 aromatic carbocycles. The second-order valence-electron chi connectivity index (χ2n) is 8.53. The minimum absolute atomic E-state index is 0.189. The van der Waals surface area contributed by atoms with Crippen molar-refractivity contribution < 1.29 is 9.47 Å². The molecule has 0 radical (unpaired) electrons. The van der Waals surface area contributed by atoms with Crippen LogP contribution in [0.15, 0.2) is 42.5 Å². The SMILES string of the molecule is COc1cccc(CNCc2ccc(C(C)(C)C)cc2)c1OCCC(C)C. The van der Waals surface area contributed by atoms with E-state index in [1.807, 2.05) is 12.1 Å². The first-order valence-corrected chi connectivity index (χ1v) is 9.90. The summed E-state index contributed by atoms with van der Waals surface area (Å²) >= 11 is 0. The minimum Gasteiger partial charge on any atom is -0.493 e. The van der Waals surface area contributed by atoms with Crippen LogP contribution in [0.4, 0.5) is 0 Å². The highest BCUT2D eigenvalue weighted by molar-refractivity contribution is 5.46. The predicted octanol–water partition coefficient (Wildman–Crippen LogP) is 5.71. The normalized spacial score (nSPS) is 11.7. The van der Waals surface area contributed by atoms with Crippen LogP contribution in [0.3, 0.4) is 0 Å². The number of ether oxygens (including phenoxy) is 2. The molecular weight excluding hydrogens is 334 g/mol. The highest BCUT2D eigenvalue weighted by atomic mass is 16.5. The first kappa shape index (κ1) is 21.3. The van der Waals surface area contributed by atoms with Crippen LogP contribution in [0, 0.1) is 5.92 Å². The number of para-hydroxylation sites is 1. The van der Waals surface area contributed by atoms with Gasteiger partial charge in [-0.2, -0.15) is 0 Å². The maximum atomic E-state index is 6.06. The van der Waals surface area contributed by atoms with E-state index in [2.05, 4.69) is 70.3 Å². The molecule has 0 spiro atoms. The van der Waals surface area contributed by atoms with Gasteiger partial charge in [0.25, 0.3) is 0 Å². The molecule has 0 fully saturated rings. The van der Waals surface area contributed by atoms with E-state index in [9.17, 15) is 0 Å². The largest absolute Gasteiger partial charge is 0.493 e. The molecule has 0 saturated carbocycles. The van der Waals surface area contributed by atoms with Crippen LogP contribution in [-0.4, -0.2) is 13.7 Å². The summed E-state index contributed by atoms with van der Waals surface area (Å²) in [7, 11) is 1.69. The van der Waals surface area contributed by atoms with Crippen molar-refractivity contribution in [1.29, 1.82) is 0 Å². The van der Waals surface area contributed by atoms with Gasteiger partial charge in [0, 0.05) is 18.7 Å². The number of methoxy groups -OCH3 is 1. The fourth-order valence-electron chi connectivity index (χ4n) is 2.89. The van der Waals surface area contributed by atoms with Gasteiger partial charge in [0.1, 0.15) is 0 Å². The summed E-state index contributed by atoms with van der Waals surface area (Å²) in [6.45, 7) is 13.4. The Balaban J connectivity index is 1.98. The van der Waals surface area contributed by atoms with Crippen LogP contribution in [-0.2, 0) is 18.5 Å². The molecule has 0 heterocycles. The predicted molar refractivity (Wildman–Crippen MR) is 114 cm³/mol. The second-order valence-corrected chi connectivity index (χ2v) is 8.53. The molecule has 0 bridgehead atoms. The number of hydrogen-bond donors (Lipinski definition) is 1. The van der Waals surface area contributed by atoms with Crippen molar-refractivity contribution in [3.63, 3.8) is 0 Å². The molecule has 27 heavy (non-hydrogen) atoms. The van der Waals surface area contributed by atoms with Gasteiger partial charge in [0.2, 0.25) is 0 Å². The second kappa shape index (κ2) is 9.80. The van der Waals surface area contributed by atoms with Crippen molar-refractivity contribution in [1.82, 2.24) is 5.32 Å². The van der Waals surface area contributed by atoms with Gasteiger partial charge in [0.15, 0.2) is 11.5 Å². The van der Waals surface area contributed by atoms with Gasteiger partial charge >= 0.3 is 0 Å². The molecule has 0 saturated heterocycles.